The van der Waals surface area contributed by atoms with Gasteiger partial charge in [-0.05, 0) is 65.5 Å². The molecule has 2 atom stereocenters. The van der Waals surface area contributed by atoms with E-state index in [2.05, 4.69) is 45.4 Å². The molecule has 0 radical (unpaired) electrons. The number of ether oxygens (including phenoxy) is 1. The fourth-order valence-corrected chi connectivity index (χ4v) is 3.50. The number of nitrogens with two attached hydrogens (primary N) is 1. The van der Waals surface area contributed by atoms with Gasteiger partial charge in [0.15, 0.2) is 0 Å². The first-order chi connectivity index (χ1) is 12.6. The van der Waals surface area contributed by atoms with Crippen LogP contribution in [0.3, 0.4) is 0 Å². The number of anilines is 1. The lowest BCUT2D eigenvalue weighted by Crippen LogP contribution is -2.29. The van der Waals surface area contributed by atoms with Gasteiger partial charge >= 0.3 is 0 Å². The average molecular weight is 361 g/mol. The van der Waals surface area contributed by atoms with Crippen molar-refractivity contribution in [2.75, 3.05) is 46.0 Å². The molecule has 144 valence electrons. The highest BCUT2D eigenvalue weighted by atomic mass is 16.5. The van der Waals surface area contributed by atoms with Crippen molar-refractivity contribution in [3.63, 3.8) is 0 Å². The summed E-state index contributed by atoms with van der Waals surface area (Å²) in [5.74, 6) is 0.533. The minimum atomic E-state index is 0.0735. The summed E-state index contributed by atoms with van der Waals surface area (Å²) >= 11 is 0. The molecule has 2 aromatic heterocycles. The summed E-state index contributed by atoms with van der Waals surface area (Å²) in [6.07, 6.45) is 8.74. The Kier molecular flexibility index (Phi) is 6.45. The fourth-order valence-electron chi connectivity index (χ4n) is 3.50. The number of likely N-dealkylation sites (tertiary alicyclic amines) is 1. The molecule has 2 aromatic rings. The molecule has 0 amide bonds. The third-order valence-electron chi connectivity index (χ3n) is 5.23. The second-order valence-electron chi connectivity index (χ2n) is 7.41. The van der Waals surface area contributed by atoms with Gasteiger partial charge in [0.25, 0.3) is 0 Å². The molecule has 0 bridgehead atoms. The van der Waals surface area contributed by atoms with Gasteiger partial charge < -0.3 is 24.8 Å². The Hall–Kier alpha value is -1.70. The van der Waals surface area contributed by atoms with Crippen molar-refractivity contribution in [3.8, 4) is 0 Å². The van der Waals surface area contributed by atoms with Gasteiger partial charge in [0.05, 0.1) is 11.5 Å². The van der Waals surface area contributed by atoms with Gasteiger partial charge in [0.2, 0.25) is 0 Å². The highest BCUT2D eigenvalue weighted by molar-refractivity contribution is 5.86. The van der Waals surface area contributed by atoms with Crippen LogP contribution in [-0.2, 0) is 4.74 Å². The highest BCUT2D eigenvalue weighted by Gasteiger charge is 2.29. The third-order valence-corrected chi connectivity index (χ3v) is 5.23. The van der Waals surface area contributed by atoms with E-state index >= 15 is 0 Å². The normalized spacial score (nSPS) is 23.5. The standard InChI is InChI=1S/C15H21N5O.C4H11N/c16-14-12-5-8-20(15(12)18-10-17-14)13-4-3-11(21-13)9-19-6-1-2-7-19;1-4-5(2)3/h5,8,10-11,13H,1-4,6-7,9H2,(H2,16,17,18);4H2,1-3H3. The van der Waals surface area contributed by atoms with Crippen molar-refractivity contribution in [2.24, 2.45) is 0 Å². The van der Waals surface area contributed by atoms with Crippen LogP contribution in [0.1, 0.15) is 38.8 Å². The van der Waals surface area contributed by atoms with E-state index < -0.39 is 0 Å². The number of nitrogen functional groups attached to an aromatic ring is 1. The van der Waals surface area contributed by atoms with Crippen molar-refractivity contribution in [2.45, 2.75) is 44.9 Å². The molecule has 4 rings (SSSR count). The molecule has 0 saturated carbocycles. The lowest BCUT2D eigenvalue weighted by Gasteiger charge is -2.21. The van der Waals surface area contributed by atoms with Gasteiger partial charge in [-0.3, -0.25) is 0 Å². The summed E-state index contributed by atoms with van der Waals surface area (Å²) in [5.41, 5.74) is 6.76. The van der Waals surface area contributed by atoms with E-state index in [1.807, 2.05) is 12.3 Å². The first-order valence-corrected chi connectivity index (χ1v) is 9.68. The van der Waals surface area contributed by atoms with E-state index in [9.17, 15) is 0 Å². The van der Waals surface area contributed by atoms with Gasteiger partial charge in [-0.2, -0.15) is 0 Å². The molecule has 7 heteroatoms. The van der Waals surface area contributed by atoms with Crippen LogP contribution in [-0.4, -0.2) is 70.7 Å². The van der Waals surface area contributed by atoms with Crippen LogP contribution in [0.4, 0.5) is 5.82 Å². The Bertz CT molecular complexity index is 694. The number of nitrogens with zero attached hydrogens (tertiary/aromatic N) is 5. The quantitative estimate of drug-likeness (QED) is 0.902. The number of rotatable bonds is 4. The molecule has 0 spiro atoms. The van der Waals surface area contributed by atoms with Crippen molar-refractivity contribution in [3.05, 3.63) is 18.6 Å². The number of fused-ring (bicyclic) bond motifs is 1. The smallest absolute Gasteiger partial charge is 0.147 e. The van der Waals surface area contributed by atoms with E-state index in [-0.39, 0.29) is 6.23 Å². The SMILES string of the molecule is CCN(C)C.Nc1ncnc2c1ccn2C1CCC(CN2CCCC2)O1. The Morgan fingerprint density at radius 3 is 2.65 bits per heavy atom. The van der Waals surface area contributed by atoms with Crippen LogP contribution in [0.2, 0.25) is 0 Å². The molecule has 2 unspecified atom stereocenters. The molecule has 7 nitrogen and oxygen atoms in total. The molecule has 2 aliphatic heterocycles. The van der Waals surface area contributed by atoms with Crippen LogP contribution >= 0.6 is 0 Å². The molecular formula is C19H32N6O. The van der Waals surface area contributed by atoms with Gasteiger partial charge in [-0.15, -0.1) is 0 Å². The molecule has 26 heavy (non-hydrogen) atoms. The Balaban J connectivity index is 0.000000349. The average Bonchev–Trinajstić information content (AvgIpc) is 3.36. The molecule has 0 aliphatic carbocycles. The third kappa shape index (κ3) is 4.52. The molecule has 0 aromatic carbocycles. The van der Waals surface area contributed by atoms with Crippen molar-refractivity contribution in [1.29, 1.82) is 0 Å². The molecule has 4 heterocycles. The fraction of sp³-hybridized carbons (Fsp3) is 0.684. The summed E-state index contributed by atoms with van der Waals surface area (Å²) in [7, 11) is 4.11. The van der Waals surface area contributed by atoms with Crippen LogP contribution in [0.15, 0.2) is 18.6 Å². The second kappa shape index (κ2) is 8.79. The lowest BCUT2D eigenvalue weighted by molar-refractivity contribution is -0.00846. The summed E-state index contributed by atoms with van der Waals surface area (Å²) in [4.78, 5) is 13.0. The van der Waals surface area contributed by atoms with Crippen molar-refractivity contribution < 1.29 is 4.74 Å². The Labute approximate surface area is 156 Å². The summed E-state index contributed by atoms with van der Waals surface area (Å²) in [5, 5.41) is 0.907. The first-order valence-electron chi connectivity index (χ1n) is 9.68. The van der Waals surface area contributed by atoms with Crippen LogP contribution in [0, 0.1) is 0 Å². The number of hydrogen-bond donors (Lipinski definition) is 1. The number of hydrogen-bond acceptors (Lipinski definition) is 6. The van der Waals surface area contributed by atoms with Gasteiger partial charge in [-0.25, -0.2) is 9.97 Å². The topological polar surface area (TPSA) is 72.4 Å². The maximum atomic E-state index is 6.24. The Morgan fingerprint density at radius 2 is 1.96 bits per heavy atom. The predicted octanol–water partition coefficient (Wildman–Crippen LogP) is 2.35. The van der Waals surface area contributed by atoms with Gasteiger partial charge in [0.1, 0.15) is 24.0 Å². The molecule has 2 aliphatic rings. The zero-order valence-corrected chi connectivity index (χ0v) is 16.3. The lowest BCUT2D eigenvalue weighted by atomic mass is 10.2. The molecule has 2 fully saturated rings. The van der Waals surface area contributed by atoms with E-state index in [0.717, 1.165) is 37.0 Å². The van der Waals surface area contributed by atoms with E-state index in [1.165, 1.54) is 32.3 Å². The van der Waals surface area contributed by atoms with E-state index in [1.54, 1.807) is 0 Å². The second-order valence-corrected chi connectivity index (χ2v) is 7.41. The molecular weight excluding hydrogens is 328 g/mol. The predicted molar refractivity (Wildman–Crippen MR) is 105 cm³/mol. The van der Waals surface area contributed by atoms with Crippen LogP contribution in [0.5, 0.6) is 0 Å². The molecule has 2 saturated heterocycles. The minimum absolute atomic E-state index is 0.0735. The zero-order valence-electron chi connectivity index (χ0n) is 16.3. The van der Waals surface area contributed by atoms with E-state index in [0.29, 0.717) is 11.9 Å². The monoisotopic (exact) mass is 360 g/mol. The summed E-state index contributed by atoms with van der Waals surface area (Å²) in [6, 6.07) is 1.97. The zero-order chi connectivity index (χ0) is 18.5. The molecule has 2 N–H and O–H groups in total. The van der Waals surface area contributed by atoms with Gasteiger partial charge in [-0.1, -0.05) is 6.92 Å². The summed E-state index contributed by atoms with van der Waals surface area (Å²) < 4.78 is 8.33. The van der Waals surface area contributed by atoms with Crippen LogP contribution in [0.25, 0.3) is 11.0 Å². The highest BCUT2D eigenvalue weighted by Crippen LogP contribution is 2.32. The number of aromatic nitrogens is 3. The Morgan fingerprint density at radius 1 is 1.23 bits per heavy atom. The maximum Gasteiger partial charge on any atom is 0.147 e. The minimum Gasteiger partial charge on any atom is -0.383 e. The summed E-state index contributed by atoms with van der Waals surface area (Å²) in [6.45, 7) is 6.77. The van der Waals surface area contributed by atoms with Gasteiger partial charge in [0, 0.05) is 12.7 Å². The van der Waals surface area contributed by atoms with Crippen LogP contribution < -0.4 is 5.73 Å². The van der Waals surface area contributed by atoms with Crippen molar-refractivity contribution >= 4 is 16.9 Å². The van der Waals surface area contributed by atoms with E-state index in [4.69, 9.17) is 10.5 Å². The maximum absolute atomic E-state index is 6.24. The largest absolute Gasteiger partial charge is 0.383 e. The first kappa shape index (κ1) is 19.1. The van der Waals surface area contributed by atoms with Crippen molar-refractivity contribution in [1.82, 2.24) is 24.3 Å².